The van der Waals surface area contributed by atoms with Crippen LogP contribution in [0.5, 0.6) is 0 Å². The zero-order valence-corrected chi connectivity index (χ0v) is 19.6. The van der Waals surface area contributed by atoms with Gasteiger partial charge in [-0.2, -0.15) is 4.31 Å². The second kappa shape index (κ2) is 9.54. The van der Waals surface area contributed by atoms with Gasteiger partial charge in [0, 0.05) is 23.9 Å². The number of rotatable bonds is 6. The number of nitrogens with one attached hydrogen (secondary N) is 1. The molecule has 1 aliphatic rings. The van der Waals surface area contributed by atoms with Crippen LogP contribution >= 0.6 is 11.8 Å². The summed E-state index contributed by atoms with van der Waals surface area (Å²) in [7, 11) is -3.52. The quantitative estimate of drug-likeness (QED) is 0.672. The highest BCUT2D eigenvalue weighted by Gasteiger charge is 2.32. The summed E-state index contributed by atoms with van der Waals surface area (Å²) in [6.45, 7) is 6.83. The summed E-state index contributed by atoms with van der Waals surface area (Å²) in [5.74, 6) is -0.160. The number of hydrogen-bond donors (Lipinski definition) is 1. The molecular formula is C23H30N2O3S2. The number of carbonyl (C=O) groups is 1. The lowest BCUT2D eigenvalue weighted by Gasteiger charge is -2.31. The zero-order valence-electron chi connectivity index (χ0n) is 18.0. The zero-order chi connectivity index (χ0) is 21.9. The molecule has 5 nitrogen and oxygen atoms in total. The third-order valence-electron chi connectivity index (χ3n) is 5.77. The molecule has 1 heterocycles. The maximum atomic E-state index is 12.9. The first-order valence-electron chi connectivity index (χ1n) is 10.2. The maximum absolute atomic E-state index is 12.9. The molecule has 0 aromatic heterocycles. The molecule has 0 radical (unpaired) electrons. The van der Waals surface area contributed by atoms with Crippen LogP contribution in [-0.2, 0) is 14.8 Å². The molecule has 7 heteroatoms. The molecule has 0 aliphatic carbocycles. The van der Waals surface area contributed by atoms with E-state index in [2.05, 4.69) is 37.4 Å². The summed E-state index contributed by atoms with van der Waals surface area (Å²) >= 11 is 1.58. The van der Waals surface area contributed by atoms with Gasteiger partial charge in [0.15, 0.2) is 0 Å². The number of hydrogen-bond acceptors (Lipinski definition) is 4. The minimum atomic E-state index is -3.52. The average Bonchev–Trinajstić information content (AvgIpc) is 2.73. The first-order chi connectivity index (χ1) is 14.2. The predicted molar refractivity (Wildman–Crippen MR) is 122 cm³/mol. The third-order valence-corrected chi connectivity index (χ3v) is 8.43. The SMILES string of the molecule is CSc1ccc(S(=O)(=O)N2CCC(C(=O)N[C@@H](C)c3ccc(C)cc3C)CC2)cc1. The highest BCUT2D eigenvalue weighted by molar-refractivity contribution is 7.98. The molecule has 3 rings (SSSR count). The van der Waals surface area contributed by atoms with E-state index >= 15 is 0 Å². The van der Waals surface area contributed by atoms with Crippen LogP contribution in [0.1, 0.15) is 42.5 Å². The lowest BCUT2D eigenvalue weighted by atomic mass is 9.95. The smallest absolute Gasteiger partial charge is 0.243 e. The Bertz CT molecular complexity index is 996. The fraction of sp³-hybridized carbons (Fsp3) is 0.435. The van der Waals surface area contributed by atoms with Crippen LogP contribution in [0.15, 0.2) is 52.3 Å². The lowest BCUT2D eigenvalue weighted by Crippen LogP contribution is -2.43. The Hall–Kier alpha value is -1.83. The summed E-state index contributed by atoms with van der Waals surface area (Å²) in [5.41, 5.74) is 3.48. The molecular weight excluding hydrogens is 416 g/mol. The van der Waals surface area contributed by atoms with Gasteiger partial charge in [0.25, 0.3) is 0 Å². The number of benzene rings is 2. The van der Waals surface area contributed by atoms with Crippen molar-refractivity contribution in [1.29, 1.82) is 0 Å². The number of nitrogens with zero attached hydrogens (tertiary/aromatic N) is 1. The van der Waals surface area contributed by atoms with Crippen molar-refractivity contribution in [2.75, 3.05) is 19.3 Å². The number of aryl methyl sites for hydroxylation is 2. The van der Waals surface area contributed by atoms with Gasteiger partial charge in [0.1, 0.15) is 0 Å². The Kier molecular flexibility index (Phi) is 7.26. The Morgan fingerprint density at radius 2 is 1.73 bits per heavy atom. The van der Waals surface area contributed by atoms with Crippen LogP contribution in [0.2, 0.25) is 0 Å². The van der Waals surface area contributed by atoms with Crippen molar-refractivity contribution in [2.24, 2.45) is 5.92 Å². The molecule has 0 bridgehead atoms. The van der Waals surface area contributed by atoms with E-state index in [0.29, 0.717) is 30.8 Å². The van der Waals surface area contributed by atoms with Crippen molar-refractivity contribution in [3.8, 4) is 0 Å². The van der Waals surface area contributed by atoms with E-state index in [1.54, 1.807) is 23.9 Å². The van der Waals surface area contributed by atoms with Crippen molar-refractivity contribution < 1.29 is 13.2 Å². The number of carbonyl (C=O) groups excluding carboxylic acids is 1. The number of sulfonamides is 1. The first kappa shape index (κ1) is 22.8. The van der Waals surface area contributed by atoms with Crippen LogP contribution in [0.4, 0.5) is 0 Å². The molecule has 1 atom stereocenters. The van der Waals surface area contributed by atoms with E-state index in [-0.39, 0.29) is 17.9 Å². The summed E-state index contributed by atoms with van der Waals surface area (Å²) < 4.78 is 27.3. The van der Waals surface area contributed by atoms with Gasteiger partial charge >= 0.3 is 0 Å². The van der Waals surface area contributed by atoms with Crippen LogP contribution in [0, 0.1) is 19.8 Å². The molecule has 0 spiro atoms. The van der Waals surface area contributed by atoms with Crippen molar-refractivity contribution in [1.82, 2.24) is 9.62 Å². The van der Waals surface area contributed by atoms with Gasteiger partial charge in [-0.3, -0.25) is 4.79 Å². The fourth-order valence-electron chi connectivity index (χ4n) is 3.98. The van der Waals surface area contributed by atoms with E-state index in [0.717, 1.165) is 16.0 Å². The second-order valence-electron chi connectivity index (χ2n) is 7.94. The molecule has 1 aliphatic heterocycles. The number of amides is 1. The minimum absolute atomic E-state index is 0.00356. The van der Waals surface area contributed by atoms with Gasteiger partial charge in [-0.25, -0.2) is 8.42 Å². The monoisotopic (exact) mass is 446 g/mol. The van der Waals surface area contributed by atoms with Gasteiger partial charge < -0.3 is 5.32 Å². The Labute approximate surface area is 184 Å². The van der Waals surface area contributed by atoms with E-state index < -0.39 is 10.0 Å². The van der Waals surface area contributed by atoms with Crippen LogP contribution < -0.4 is 5.32 Å². The standard InChI is InChI=1S/C23H30N2O3S2/c1-16-5-10-22(17(2)15-16)18(3)24-23(26)19-11-13-25(14-12-19)30(27,28)21-8-6-20(29-4)7-9-21/h5-10,15,18-19H,11-14H2,1-4H3,(H,24,26)/t18-/m0/s1. The van der Waals surface area contributed by atoms with E-state index in [4.69, 9.17) is 0 Å². The molecule has 0 unspecified atom stereocenters. The van der Waals surface area contributed by atoms with Crippen LogP contribution in [0.25, 0.3) is 0 Å². The Morgan fingerprint density at radius 1 is 1.10 bits per heavy atom. The first-order valence-corrected chi connectivity index (χ1v) is 12.9. The molecule has 1 fully saturated rings. The van der Waals surface area contributed by atoms with E-state index in [1.807, 2.05) is 25.3 Å². The van der Waals surface area contributed by atoms with E-state index in [1.165, 1.54) is 9.87 Å². The van der Waals surface area contributed by atoms with Gasteiger partial charge in [0.2, 0.25) is 15.9 Å². The van der Waals surface area contributed by atoms with Gasteiger partial charge in [0.05, 0.1) is 10.9 Å². The fourth-order valence-corrected chi connectivity index (χ4v) is 5.85. The Balaban J connectivity index is 1.59. The lowest BCUT2D eigenvalue weighted by molar-refractivity contribution is -0.126. The van der Waals surface area contributed by atoms with Gasteiger partial charge in [-0.15, -0.1) is 11.8 Å². The van der Waals surface area contributed by atoms with E-state index in [9.17, 15) is 13.2 Å². The molecule has 2 aromatic rings. The van der Waals surface area contributed by atoms with Crippen LogP contribution in [-0.4, -0.2) is 38.0 Å². The highest BCUT2D eigenvalue weighted by atomic mass is 32.2. The summed E-state index contributed by atoms with van der Waals surface area (Å²) in [5, 5.41) is 3.11. The third kappa shape index (κ3) is 5.07. The summed E-state index contributed by atoms with van der Waals surface area (Å²) in [6.07, 6.45) is 3.03. The molecule has 1 N–H and O–H groups in total. The second-order valence-corrected chi connectivity index (χ2v) is 10.8. The highest BCUT2D eigenvalue weighted by Crippen LogP contribution is 2.26. The molecule has 1 saturated heterocycles. The largest absolute Gasteiger partial charge is 0.349 e. The topological polar surface area (TPSA) is 66.5 Å². The number of thioether (sulfide) groups is 1. The Morgan fingerprint density at radius 3 is 2.30 bits per heavy atom. The van der Waals surface area contributed by atoms with Gasteiger partial charge in [-0.05, 0) is 75.3 Å². The van der Waals surface area contributed by atoms with Crippen molar-refractivity contribution >= 4 is 27.7 Å². The number of piperidine rings is 1. The van der Waals surface area contributed by atoms with Crippen LogP contribution in [0.3, 0.4) is 0 Å². The molecule has 1 amide bonds. The van der Waals surface area contributed by atoms with Crippen molar-refractivity contribution in [3.63, 3.8) is 0 Å². The molecule has 162 valence electrons. The summed E-state index contributed by atoms with van der Waals surface area (Å²) in [4.78, 5) is 14.1. The van der Waals surface area contributed by atoms with Crippen molar-refractivity contribution in [2.45, 2.75) is 49.4 Å². The molecule has 30 heavy (non-hydrogen) atoms. The van der Waals surface area contributed by atoms with Crippen molar-refractivity contribution in [3.05, 3.63) is 59.2 Å². The summed E-state index contributed by atoms with van der Waals surface area (Å²) in [6, 6.07) is 13.1. The molecule has 2 aromatic carbocycles. The minimum Gasteiger partial charge on any atom is -0.349 e. The normalized spacial score (nSPS) is 16.9. The van der Waals surface area contributed by atoms with Gasteiger partial charge in [-0.1, -0.05) is 23.8 Å². The molecule has 0 saturated carbocycles. The average molecular weight is 447 g/mol. The predicted octanol–water partition coefficient (Wildman–Crippen LogP) is 4.30. The maximum Gasteiger partial charge on any atom is 0.243 e.